The summed E-state index contributed by atoms with van der Waals surface area (Å²) in [6.45, 7) is 0. The number of carbonyl (C=O) groups excluding carboxylic acids is 1. The van der Waals surface area contributed by atoms with E-state index in [0.29, 0.717) is 11.6 Å². The molecule has 0 aromatic carbocycles. The van der Waals surface area contributed by atoms with E-state index < -0.39 is 12.0 Å². The minimum absolute atomic E-state index is 0.146. The van der Waals surface area contributed by atoms with E-state index in [0.717, 1.165) is 0 Å². The lowest BCUT2D eigenvalue weighted by Gasteiger charge is -2.17. The number of hydroxylamine groups is 1. The monoisotopic (exact) mass is 237 g/mol. The number of fused-ring (bicyclic) bond motifs is 1. The van der Waals surface area contributed by atoms with Crippen LogP contribution in [-0.4, -0.2) is 16.9 Å². The number of carbonyl (C=O) groups is 1. The van der Waals surface area contributed by atoms with Crippen LogP contribution >= 0.6 is 12.2 Å². The quantitative estimate of drug-likeness (QED) is 0.686. The third-order valence-electron chi connectivity index (χ3n) is 2.45. The molecule has 2 N–H and O–H groups in total. The molecule has 16 heavy (non-hydrogen) atoms. The number of thiocarbonyl (C=S) groups is 1. The Balaban J connectivity index is 1.98. The Morgan fingerprint density at radius 3 is 3.12 bits per heavy atom. The Kier molecular flexibility index (Phi) is 2.01. The Morgan fingerprint density at radius 2 is 2.38 bits per heavy atom. The standard InChI is InChI=1S/C9H7N3O3S/c13-8-5-6(4-2-1-3-14-4)15-12-7(5)10-9(16)11-8/h1-3,5-6H,(H2,10,11,12,13,16). The predicted molar refractivity (Wildman–Crippen MR) is 57.3 cm³/mol. The van der Waals surface area contributed by atoms with Gasteiger partial charge in [-0.15, -0.1) is 0 Å². The number of nitrogens with zero attached hydrogens (tertiary/aromatic N) is 1. The number of furan rings is 1. The molecule has 2 aliphatic heterocycles. The van der Waals surface area contributed by atoms with Crippen LogP contribution in [0.3, 0.4) is 0 Å². The molecule has 2 aliphatic rings. The van der Waals surface area contributed by atoms with Gasteiger partial charge in [0.2, 0.25) is 11.0 Å². The summed E-state index contributed by atoms with van der Waals surface area (Å²) in [5, 5.41) is 2.63. The Bertz CT molecular complexity index is 482. The van der Waals surface area contributed by atoms with Crippen molar-refractivity contribution in [3.05, 3.63) is 24.2 Å². The van der Waals surface area contributed by atoms with Gasteiger partial charge in [-0.3, -0.25) is 15.1 Å². The lowest BCUT2D eigenvalue weighted by Crippen LogP contribution is -2.44. The number of hydrogen-bond donors (Lipinski definition) is 2. The molecule has 1 amide bonds. The maximum absolute atomic E-state index is 11.8. The number of amides is 1. The smallest absolute Gasteiger partial charge is 0.240 e. The number of amidine groups is 1. The van der Waals surface area contributed by atoms with E-state index in [1.165, 1.54) is 6.26 Å². The van der Waals surface area contributed by atoms with Gasteiger partial charge in [-0.2, -0.15) is 0 Å². The summed E-state index contributed by atoms with van der Waals surface area (Å²) >= 11 is 4.81. The fourth-order valence-corrected chi connectivity index (χ4v) is 1.95. The molecule has 0 aliphatic carbocycles. The average molecular weight is 237 g/mol. The van der Waals surface area contributed by atoms with E-state index in [2.05, 4.69) is 15.8 Å². The van der Waals surface area contributed by atoms with Gasteiger partial charge in [0.15, 0.2) is 6.10 Å². The molecule has 0 spiro atoms. The minimum Gasteiger partial charge on any atom is -0.466 e. The molecule has 1 saturated heterocycles. The van der Waals surface area contributed by atoms with Crippen LogP contribution in [0.4, 0.5) is 0 Å². The van der Waals surface area contributed by atoms with Crippen LogP contribution < -0.4 is 10.8 Å². The van der Waals surface area contributed by atoms with Gasteiger partial charge in [0.05, 0.1) is 6.26 Å². The van der Waals surface area contributed by atoms with Crippen LogP contribution in [0.2, 0.25) is 0 Å². The van der Waals surface area contributed by atoms with Crippen molar-refractivity contribution in [2.45, 2.75) is 6.10 Å². The summed E-state index contributed by atoms with van der Waals surface area (Å²) in [6.07, 6.45) is 1.02. The number of hydrogen-bond acceptors (Lipinski definition) is 5. The maximum atomic E-state index is 11.8. The molecule has 7 heteroatoms. The average Bonchev–Trinajstić information content (AvgIpc) is 2.82. The summed E-state index contributed by atoms with van der Waals surface area (Å²) in [5.74, 6) is 0.236. The van der Waals surface area contributed by atoms with Gasteiger partial charge in [0.25, 0.3) is 0 Å². The Hall–Kier alpha value is -1.73. The highest BCUT2D eigenvalue weighted by Crippen LogP contribution is 2.32. The molecule has 0 saturated carbocycles. The van der Waals surface area contributed by atoms with Gasteiger partial charge in [-0.05, 0) is 24.4 Å². The zero-order chi connectivity index (χ0) is 11.1. The van der Waals surface area contributed by atoms with Crippen LogP contribution in [0, 0.1) is 5.92 Å². The summed E-state index contributed by atoms with van der Waals surface area (Å²) in [7, 11) is 0. The first kappa shape index (κ1) is 9.49. The number of rotatable bonds is 1. The van der Waals surface area contributed by atoms with Crippen molar-refractivity contribution < 1.29 is 14.0 Å². The van der Waals surface area contributed by atoms with Crippen molar-refractivity contribution in [1.29, 1.82) is 0 Å². The van der Waals surface area contributed by atoms with Gasteiger partial charge in [0.1, 0.15) is 17.5 Å². The number of nitrogens with one attached hydrogen (secondary N) is 2. The topological polar surface area (TPSA) is 75.9 Å². The second kappa shape index (κ2) is 3.39. The lowest BCUT2D eigenvalue weighted by molar-refractivity contribution is -0.125. The second-order valence-corrected chi connectivity index (χ2v) is 3.81. The molecule has 3 heterocycles. The molecule has 6 nitrogen and oxygen atoms in total. The first-order valence-corrected chi connectivity index (χ1v) is 5.05. The molecule has 1 aromatic rings. The fourth-order valence-electron chi connectivity index (χ4n) is 1.75. The van der Waals surface area contributed by atoms with Crippen LogP contribution in [0.15, 0.2) is 27.8 Å². The molecule has 1 aromatic heterocycles. The van der Waals surface area contributed by atoms with Gasteiger partial charge in [-0.1, -0.05) is 0 Å². The van der Waals surface area contributed by atoms with Crippen molar-refractivity contribution in [1.82, 2.24) is 10.8 Å². The van der Waals surface area contributed by atoms with Crippen LogP contribution in [0.25, 0.3) is 0 Å². The van der Waals surface area contributed by atoms with Gasteiger partial charge < -0.3 is 9.73 Å². The lowest BCUT2D eigenvalue weighted by atomic mass is 9.98. The summed E-state index contributed by atoms with van der Waals surface area (Å²) in [5.41, 5.74) is 2.60. The first-order chi connectivity index (χ1) is 7.75. The minimum atomic E-state index is -0.530. The van der Waals surface area contributed by atoms with Gasteiger partial charge in [-0.25, -0.2) is 4.99 Å². The van der Waals surface area contributed by atoms with Crippen molar-refractivity contribution in [3.8, 4) is 0 Å². The Labute approximate surface area is 95.6 Å². The zero-order valence-corrected chi connectivity index (χ0v) is 8.78. The molecule has 0 bridgehead atoms. The SMILES string of the molecule is O=C1NC(=S)N=C2NOC(c3ccco3)C12. The van der Waals surface area contributed by atoms with E-state index in [9.17, 15) is 4.79 Å². The number of aliphatic imine (C=N–C) groups is 1. The highest BCUT2D eigenvalue weighted by atomic mass is 32.1. The molecule has 82 valence electrons. The zero-order valence-electron chi connectivity index (χ0n) is 7.97. The van der Waals surface area contributed by atoms with Crippen LogP contribution in [0.5, 0.6) is 0 Å². The molecule has 3 rings (SSSR count). The van der Waals surface area contributed by atoms with Crippen molar-refractivity contribution in [2.75, 3.05) is 0 Å². The Morgan fingerprint density at radius 1 is 1.50 bits per heavy atom. The fraction of sp³-hybridized carbons (Fsp3) is 0.222. The first-order valence-electron chi connectivity index (χ1n) is 4.64. The normalized spacial score (nSPS) is 28.1. The summed E-state index contributed by atoms with van der Waals surface area (Å²) in [6, 6.07) is 3.48. The van der Waals surface area contributed by atoms with Crippen molar-refractivity contribution >= 4 is 29.1 Å². The molecular weight excluding hydrogens is 230 g/mol. The highest BCUT2D eigenvalue weighted by Gasteiger charge is 2.45. The summed E-state index contributed by atoms with van der Waals surface area (Å²) in [4.78, 5) is 21.0. The largest absolute Gasteiger partial charge is 0.466 e. The molecule has 1 fully saturated rings. The van der Waals surface area contributed by atoms with Crippen LogP contribution in [-0.2, 0) is 9.63 Å². The predicted octanol–water partition coefficient (Wildman–Crippen LogP) is 0.285. The highest BCUT2D eigenvalue weighted by molar-refractivity contribution is 7.80. The van der Waals surface area contributed by atoms with E-state index in [-0.39, 0.29) is 11.0 Å². The van der Waals surface area contributed by atoms with Gasteiger partial charge in [0, 0.05) is 0 Å². The van der Waals surface area contributed by atoms with Gasteiger partial charge >= 0.3 is 0 Å². The van der Waals surface area contributed by atoms with Crippen LogP contribution in [0.1, 0.15) is 11.9 Å². The van der Waals surface area contributed by atoms with E-state index in [4.69, 9.17) is 21.5 Å². The molecule has 2 atom stereocenters. The molecule has 0 radical (unpaired) electrons. The maximum Gasteiger partial charge on any atom is 0.240 e. The summed E-state index contributed by atoms with van der Waals surface area (Å²) < 4.78 is 5.21. The molecule has 2 unspecified atom stereocenters. The molecular formula is C9H7N3O3S. The second-order valence-electron chi connectivity index (χ2n) is 3.43. The van der Waals surface area contributed by atoms with E-state index >= 15 is 0 Å². The van der Waals surface area contributed by atoms with E-state index in [1.807, 2.05) is 0 Å². The van der Waals surface area contributed by atoms with E-state index in [1.54, 1.807) is 12.1 Å². The third-order valence-corrected chi connectivity index (χ3v) is 2.64. The van der Waals surface area contributed by atoms with Crippen molar-refractivity contribution in [3.63, 3.8) is 0 Å². The van der Waals surface area contributed by atoms with Crippen molar-refractivity contribution in [2.24, 2.45) is 10.9 Å². The third kappa shape index (κ3) is 1.33.